The van der Waals surface area contributed by atoms with Crippen molar-refractivity contribution in [3.05, 3.63) is 57.8 Å². The summed E-state index contributed by atoms with van der Waals surface area (Å²) >= 11 is 0. The number of para-hydroxylation sites is 2. The average Bonchev–Trinajstić information content (AvgIpc) is 2.97. The van der Waals surface area contributed by atoms with Crippen LogP contribution in [-0.4, -0.2) is 25.8 Å². The summed E-state index contributed by atoms with van der Waals surface area (Å²) in [5.41, 5.74) is -0.374. The molecule has 0 saturated heterocycles. The standard InChI is InChI=1S/C17H18N4O4/c1-5-10-21-13-14(19(2)17(23)20(3)15(13)22)18-16(21)25-12-9-7-6-8-11(12)24-4/h5-9H,1,10H2,2-4H3. The van der Waals surface area contributed by atoms with E-state index in [4.69, 9.17) is 9.47 Å². The van der Waals surface area contributed by atoms with Crippen LogP contribution in [0.15, 0.2) is 46.5 Å². The van der Waals surface area contributed by atoms with Crippen LogP contribution in [-0.2, 0) is 20.6 Å². The van der Waals surface area contributed by atoms with E-state index in [0.29, 0.717) is 18.0 Å². The number of rotatable bonds is 5. The van der Waals surface area contributed by atoms with Gasteiger partial charge in [-0.3, -0.25) is 18.5 Å². The lowest BCUT2D eigenvalue weighted by atomic mass is 10.3. The molecule has 3 aromatic rings. The maximum Gasteiger partial charge on any atom is 0.332 e. The summed E-state index contributed by atoms with van der Waals surface area (Å²) in [6, 6.07) is 7.28. The second kappa shape index (κ2) is 6.31. The summed E-state index contributed by atoms with van der Waals surface area (Å²) in [4.78, 5) is 29.0. The minimum Gasteiger partial charge on any atom is -0.493 e. The lowest BCUT2D eigenvalue weighted by Crippen LogP contribution is -2.37. The first kappa shape index (κ1) is 16.6. The van der Waals surface area contributed by atoms with Crippen molar-refractivity contribution in [2.75, 3.05) is 7.11 Å². The number of hydrogen-bond acceptors (Lipinski definition) is 5. The smallest absolute Gasteiger partial charge is 0.332 e. The number of methoxy groups -OCH3 is 1. The van der Waals surface area contributed by atoms with Crippen molar-refractivity contribution in [3.63, 3.8) is 0 Å². The van der Waals surface area contributed by atoms with E-state index in [1.54, 1.807) is 35.9 Å². The van der Waals surface area contributed by atoms with E-state index in [2.05, 4.69) is 11.6 Å². The minimum absolute atomic E-state index is 0.178. The summed E-state index contributed by atoms with van der Waals surface area (Å²) in [5, 5.41) is 0. The van der Waals surface area contributed by atoms with Crippen LogP contribution < -0.4 is 20.7 Å². The molecule has 0 aliphatic rings. The molecular formula is C17H18N4O4. The zero-order valence-corrected chi connectivity index (χ0v) is 14.2. The van der Waals surface area contributed by atoms with Crippen LogP contribution >= 0.6 is 0 Å². The predicted molar refractivity (Wildman–Crippen MR) is 93.5 cm³/mol. The molecule has 8 heteroatoms. The van der Waals surface area contributed by atoms with Crippen LogP contribution in [0, 0.1) is 0 Å². The highest BCUT2D eigenvalue weighted by atomic mass is 16.5. The van der Waals surface area contributed by atoms with Gasteiger partial charge in [-0.25, -0.2) is 4.79 Å². The number of allylic oxidation sites excluding steroid dienone is 1. The van der Waals surface area contributed by atoms with Crippen molar-refractivity contribution in [1.82, 2.24) is 18.7 Å². The number of benzene rings is 1. The molecular weight excluding hydrogens is 324 g/mol. The Morgan fingerprint density at radius 2 is 1.84 bits per heavy atom. The molecule has 0 aliphatic heterocycles. The second-order valence-corrected chi connectivity index (χ2v) is 5.42. The number of hydrogen-bond donors (Lipinski definition) is 0. The van der Waals surface area contributed by atoms with Gasteiger partial charge < -0.3 is 9.47 Å². The molecule has 0 aliphatic carbocycles. The Balaban J connectivity index is 2.28. The Morgan fingerprint density at radius 3 is 2.48 bits per heavy atom. The number of imidazole rings is 1. The van der Waals surface area contributed by atoms with Gasteiger partial charge in [0.25, 0.3) is 5.56 Å². The summed E-state index contributed by atoms with van der Waals surface area (Å²) in [6.45, 7) is 4.01. The van der Waals surface area contributed by atoms with E-state index in [1.165, 1.54) is 18.7 Å². The lowest BCUT2D eigenvalue weighted by molar-refractivity contribution is 0.361. The fraction of sp³-hybridized carbons (Fsp3) is 0.235. The molecule has 130 valence electrons. The fourth-order valence-corrected chi connectivity index (χ4v) is 2.60. The van der Waals surface area contributed by atoms with E-state index >= 15 is 0 Å². The fourth-order valence-electron chi connectivity index (χ4n) is 2.60. The third-order valence-corrected chi connectivity index (χ3v) is 3.89. The van der Waals surface area contributed by atoms with Gasteiger partial charge in [0.15, 0.2) is 22.7 Å². The van der Waals surface area contributed by atoms with E-state index in [0.717, 1.165) is 4.57 Å². The highest BCUT2D eigenvalue weighted by Crippen LogP contribution is 2.31. The molecule has 0 atom stereocenters. The van der Waals surface area contributed by atoms with Gasteiger partial charge in [0.2, 0.25) is 0 Å². The number of fused-ring (bicyclic) bond motifs is 1. The van der Waals surface area contributed by atoms with Gasteiger partial charge in [0.05, 0.1) is 7.11 Å². The first-order chi connectivity index (χ1) is 12.0. The van der Waals surface area contributed by atoms with Crippen LogP contribution in [0.1, 0.15) is 0 Å². The molecule has 0 amide bonds. The third-order valence-electron chi connectivity index (χ3n) is 3.89. The van der Waals surface area contributed by atoms with Crippen LogP contribution in [0.25, 0.3) is 11.2 Å². The molecule has 8 nitrogen and oxygen atoms in total. The molecule has 0 spiro atoms. The number of aromatic nitrogens is 4. The monoisotopic (exact) mass is 342 g/mol. The summed E-state index contributed by atoms with van der Waals surface area (Å²) in [5.74, 6) is 0.981. The normalized spacial score (nSPS) is 10.8. The van der Waals surface area contributed by atoms with Crippen molar-refractivity contribution in [2.45, 2.75) is 6.54 Å². The van der Waals surface area contributed by atoms with Crippen molar-refractivity contribution < 1.29 is 9.47 Å². The summed E-state index contributed by atoms with van der Waals surface area (Å²) in [7, 11) is 4.52. The average molecular weight is 342 g/mol. The zero-order chi connectivity index (χ0) is 18.1. The molecule has 3 rings (SSSR count). The Labute approximate surface area is 143 Å². The van der Waals surface area contributed by atoms with E-state index in [9.17, 15) is 9.59 Å². The third kappa shape index (κ3) is 2.61. The second-order valence-electron chi connectivity index (χ2n) is 5.42. The lowest BCUT2D eigenvalue weighted by Gasteiger charge is -2.10. The maximum atomic E-state index is 12.6. The molecule has 1 aromatic carbocycles. The SMILES string of the molecule is C=CCn1c(Oc2ccccc2OC)nc2c1c(=O)n(C)c(=O)n2C. The molecule has 0 N–H and O–H groups in total. The summed E-state index contributed by atoms with van der Waals surface area (Å²) < 4.78 is 15.1. The number of ether oxygens (including phenoxy) is 2. The van der Waals surface area contributed by atoms with Gasteiger partial charge in [-0.05, 0) is 12.1 Å². The predicted octanol–water partition coefficient (Wildman–Crippen LogP) is 1.42. The van der Waals surface area contributed by atoms with Crippen LogP contribution in [0.3, 0.4) is 0 Å². The number of aryl methyl sites for hydroxylation is 1. The van der Waals surface area contributed by atoms with Gasteiger partial charge >= 0.3 is 11.7 Å². The van der Waals surface area contributed by atoms with Crippen LogP contribution in [0.5, 0.6) is 17.5 Å². The van der Waals surface area contributed by atoms with Crippen molar-refractivity contribution in [1.29, 1.82) is 0 Å². The highest BCUT2D eigenvalue weighted by Gasteiger charge is 2.20. The topological polar surface area (TPSA) is 80.3 Å². The maximum absolute atomic E-state index is 12.6. The Hall–Kier alpha value is -3.29. The molecule has 0 fully saturated rings. The first-order valence-corrected chi connectivity index (χ1v) is 7.57. The van der Waals surface area contributed by atoms with E-state index in [1.807, 2.05) is 6.07 Å². The molecule has 2 aromatic heterocycles. The zero-order valence-electron chi connectivity index (χ0n) is 14.2. The Kier molecular flexibility index (Phi) is 4.18. The Morgan fingerprint density at radius 1 is 1.16 bits per heavy atom. The molecule has 0 unspecified atom stereocenters. The summed E-state index contributed by atoms with van der Waals surface area (Å²) in [6.07, 6.45) is 1.63. The molecule has 0 saturated carbocycles. The molecule has 0 radical (unpaired) electrons. The van der Waals surface area contributed by atoms with Gasteiger partial charge in [0.1, 0.15) is 0 Å². The van der Waals surface area contributed by atoms with Gasteiger partial charge in [0, 0.05) is 20.6 Å². The highest BCUT2D eigenvalue weighted by molar-refractivity contribution is 5.72. The van der Waals surface area contributed by atoms with Crippen LogP contribution in [0.4, 0.5) is 0 Å². The van der Waals surface area contributed by atoms with Crippen molar-refractivity contribution in [2.24, 2.45) is 14.1 Å². The molecule has 0 bridgehead atoms. The van der Waals surface area contributed by atoms with Gasteiger partial charge in [-0.1, -0.05) is 18.2 Å². The van der Waals surface area contributed by atoms with Gasteiger partial charge in [-0.2, -0.15) is 4.98 Å². The van der Waals surface area contributed by atoms with E-state index in [-0.39, 0.29) is 17.2 Å². The first-order valence-electron chi connectivity index (χ1n) is 7.57. The van der Waals surface area contributed by atoms with Crippen LogP contribution in [0.2, 0.25) is 0 Å². The molecule has 25 heavy (non-hydrogen) atoms. The van der Waals surface area contributed by atoms with Crippen molar-refractivity contribution in [3.8, 4) is 17.5 Å². The van der Waals surface area contributed by atoms with Gasteiger partial charge in [-0.15, -0.1) is 6.58 Å². The Bertz CT molecular complexity index is 1070. The minimum atomic E-state index is -0.454. The van der Waals surface area contributed by atoms with E-state index < -0.39 is 11.2 Å². The van der Waals surface area contributed by atoms with Crippen molar-refractivity contribution >= 4 is 11.2 Å². The largest absolute Gasteiger partial charge is 0.493 e. The molecule has 2 heterocycles. The quantitative estimate of drug-likeness (QED) is 0.655. The number of nitrogens with zero attached hydrogens (tertiary/aromatic N) is 4.